The summed E-state index contributed by atoms with van der Waals surface area (Å²) in [5, 5.41) is 20.7. The van der Waals surface area contributed by atoms with E-state index in [0.717, 1.165) is 36.4 Å². The second kappa shape index (κ2) is 20.2. The van der Waals surface area contributed by atoms with E-state index < -0.39 is 38.6 Å². The van der Waals surface area contributed by atoms with Gasteiger partial charge in [0.25, 0.3) is 20.4 Å². The van der Waals surface area contributed by atoms with Crippen LogP contribution in [0.2, 0.25) is 0 Å². The lowest BCUT2D eigenvalue weighted by Crippen LogP contribution is -2.06. The van der Waals surface area contributed by atoms with Crippen molar-refractivity contribution >= 4 is 62.3 Å². The van der Waals surface area contributed by atoms with Gasteiger partial charge in [-0.05, 0) is 66.7 Å². The van der Waals surface area contributed by atoms with Gasteiger partial charge in [-0.2, -0.15) is 0 Å². The number of nitro groups is 2. The number of anilines is 2. The normalized spacial score (nSPS) is 10.9. The number of hydrogen-bond acceptors (Lipinski definition) is 18. The quantitative estimate of drug-likeness (QED) is 0.0899. The fourth-order valence-corrected chi connectivity index (χ4v) is 7.17. The first-order valence-corrected chi connectivity index (χ1v) is 20.7. The number of benzene rings is 3. The van der Waals surface area contributed by atoms with Gasteiger partial charge in [-0.15, -0.1) is 0 Å². The molecule has 0 aliphatic rings. The molecule has 20 nitrogen and oxygen atoms in total. The predicted molar refractivity (Wildman–Crippen MR) is 202 cm³/mol. The first-order chi connectivity index (χ1) is 26.4. The minimum absolute atomic E-state index is 0.0247. The predicted octanol–water partition coefficient (Wildman–Crippen LogP) is 3.97. The van der Waals surface area contributed by atoms with Gasteiger partial charge in [-0.1, -0.05) is 0 Å². The van der Waals surface area contributed by atoms with E-state index in [1.807, 2.05) is 0 Å². The van der Waals surface area contributed by atoms with Gasteiger partial charge >= 0.3 is 0 Å². The van der Waals surface area contributed by atoms with Crippen LogP contribution in [0.4, 0.5) is 22.9 Å². The monoisotopic (exact) mass is 844 g/mol. The highest BCUT2D eigenvalue weighted by Crippen LogP contribution is 2.20. The van der Waals surface area contributed by atoms with Gasteiger partial charge in [-0.25, -0.2) is 55.2 Å². The highest BCUT2D eigenvalue weighted by atomic mass is 35.7. The van der Waals surface area contributed by atoms with E-state index in [1.165, 1.54) is 61.7 Å². The summed E-state index contributed by atoms with van der Waals surface area (Å²) in [6, 6.07) is 19.9. The Balaban J connectivity index is 0.000000210. The molecule has 0 saturated carbocycles. The lowest BCUT2D eigenvalue weighted by atomic mass is 10.3. The first-order valence-electron chi connectivity index (χ1n) is 15.1. The molecule has 56 heavy (non-hydrogen) atoms. The second-order valence-corrected chi connectivity index (χ2v) is 17.1. The number of halogens is 1. The Morgan fingerprint density at radius 2 is 0.875 bits per heavy atom. The Morgan fingerprint density at radius 3 is 1.16 bits per heavy atom. The maximum atomic E-state index is 12.1. The topological polar surface area (TPSA) is 318 Å². The van der Waals surface area contributed by atoms with E-state index >= 15 is 0 Å². The molecule has 3 aromatic heterocycles. The van der Waals surface area contributed by atoms with E-state index in [4.69, 9.17) is 22.1 Å². The third-order valence-corrected chi connectivity index (χ3v) is 11.2. The average Bonchev–Trinajstić information content (AvgIpc) is 3.16. The van der Waals surface area contributed by atoms with Crippen LogP contribution in [-0.4, -0.2) is 65.0 Å². The van der Waals surface area contributed by atoms with Crippen LogP contribution in [0.5, 0.6) is 0 Å². The lowest BCUT2D eigenvalue weighted by Gasteiger charge is -2.04. The molecule has 3 heterocycles. The summed E-state index contributed by atoms with van der Waals surface area (Å²) in [5.74, 6) is 0.0993. The molecule has 6 rings (SSSR count). The van der Waals surface area contributed by atoms with E-state index in [-0.39, 0.29) is 37.6 Å². The van der Waals surface area contributed by atoms with Crippen molar-refractivity contribution in [2.24, 2.45) is 0 Å². The van der Waals surface area contributed by atoms with Crippen molar-refractivity contribution in [1.82, 2.24) is 29.9 Å². The van der Waals surface area contributed by atoms with Crippen LogP contribution in [0.1, 0.15) is 11.4 Å². The Morgan fingerprint density at radius 1 is 0.518 bits per heavy atom. The summed E-state index contributed by atoms with van der Waals surface area (Å²) in [6.07, 6.45) is 8.57. The van der Waals surface area contributed by atoms with Gasteiger partial charge in [0.2, 0.25) is 0 Å². The molecular weight excluding hydrogens is 816 g/mol. The van der Waals surface area contributed by atoms with Gasteiger partial charge < -0.3 is 11.5 Å². The molecule has 4 N–H and O–H groups in total. The maximum Gasteiger partial charge on any atom is 0.269 e. The van der Waals surface area contributed by atoms with Gasteiger partial charge in [0.1, 0.15) is 24.8 Å². The third kappa shape index (κ3) is 14.7. The molecule has 0 unspecified atom stereocenters. The molecular formula is C32H29ClN10O10S3. The van der Waals surface area contributed by atoms with Crippen LogP contribution in [-0.2, 0) is 40.2 Å². The Bertz CT molecular complexity index is 2530. The second-order valence-electron chi connectivity index (χ2n) is 10.6. The molecule has 0 saturated heterocycles. The molecule has 0 aliphatic heterocycles. The van der Waals surface area contributed by atoms with Crippen LogP contribution in [0, 0.1) is 20.2 Å². The molecule has 0 radical (unpaired) electrons. The molecule has 0 bridgehead atoms. The largest absolute Gasteiger partial charge is 0.399 e. The van der Waals surface area contributed by atoms with Crippen LogP contribution < -0.4 is 11.5 Å². The summed E-state index contributed by atoms with van der Waals surface area (Å²) < 4.78 is 69.5. The number of non-ortho nitro benzene ring substituents is 2. The summed E-state index contributed by atoms with van der Waals surface area (Å²) in [7, 11) is -5.75. The SMILES string of the molecule is Nc1ccc(S(=O)(=O)Cc2ccncn2)cc1.Nc1ccncn1.O=[N+]([O-])c1ccc(S(=O)(=O)Cc2ccncn2)cc1.O=[N+]([O-])c1ccc(S(=O)(=O)Cl)cc1. The lowest BCUT2D eigenvalue weighted by molar-refractivity contribution is -0.385. The zero-order valence-electron chi connectivity index (χ0n) is 28.5. The maximum absolute atomic E-state index is 12.1. The van der Waals surface area contributed by atoms with Gasteiger partial charge in [-0.3, -0.25) is 20.2 Å². The molecule has 6 aromatic rings. The van der Waals surface area contributed by atoms with E-state index in [9.17, 15) is 45.5 Å². The fraction of sp³-hybridized carbons (Fsp3) is 0.0625. The van der Waals surface area contributed by atoms with Crippen LogP contribution in [0.3, 0.4) is 0 Å². The summed E-state index contributed by atoms with van der Waals surface area (Å²) in [6.45, 7) is 0. The van der Waals surface area contributed by atoms with Crippen LogP contribution >= 0.6 is 10.7 Å². The summed E-state index contributed by atoms with van der Waals surface area (Å²) in [4.78, 5) is 42.1. The Labute approximate surface area is 323 Å². The Hall–Kier alpha value is -6.56. The van der Waals surface area contributed by atoms with Crippen molar-refractivity contribution in [2.45, 2.75) is 26.2 Å². The number of sulfone groups is 2. The van der Waals surface area contributed by atoms with Crippen molar-refractivity contribution in [3.05, 3.63) is 160 Å². The van der Waals surface area contributed by atoms with Crippen molar-refractivity contribution < 1.29 is 35.1 Å². The van der Waals surface area contributed by atoms with Gasteiger partial charge in [0.05, 0.1) is 47.4 Å². The summed E-state index contributed by atoms with van der Waals surface area (Å²) in [5.41, 5.74) is 11.8. The zero-order valence-corrected chi connectivity index (χ0v) is 31.7. The van der Waals surface area contributed by atoms with Gasteiger partial charge in [0, 0.05) is 59.2 Å². The third-order valence-electron chi connectivity index (χ3n) is 6.54. The van der Waals surface area contributed by atoms with Crippen molar-refractivity contribution in [2.75, 3.05) is 11.5 Å². The molecule has 0 amide bonds. The number of hydrogen-bond donors (Lipinski definition) is 2. The van der Waals surface area contributed by atoms with Gasteiger partial charge in [0.15, 0.2) is 19.7 Å². The molecule has 0 aliphatic carbocycles. The van der Waals surface area contributed by atoms with Crippen molar-refractivity contribution in [3.63, 3.8) is 0 Å². The molecule has 0 fully saturated rings. The number of nitrogens with two attached hydrogens (primary N) is 2. The number of rotatable bonds is 9. The van der Waals surface area contributed by atoms with E-state index in [2.05, 4.69) is 29.9 Å². The highest BCUT2D eigenvalue weighted by Gasteiger charge is 2.18. The summed E-state index contributed by atoms with van der Waals surface area (Å²) >= 11 is 0. The van der Waals surface area contributed by atoms with Crippen molar-refractivity contribution in [3.8, 4) is 0 Å². The number of aromatic nitrogens is 6. The van der Waals surface area contributed by atoms with E-state index in [1.54, 1.807) is 30.5 Å². The smallest absolute Gasteiger partial charge is 0.269 e. The Kier molecular flexibility index (Phi) is 15.8. The minimum atomic E-state index is -3.80. The highest BCUT2D eigenvalue weighted by molar-refractivity contribution is 8.13. The fourth-order valence-electron chi connectivity index (χ4n) is 3.84. The van der Waals surface area contributed by atoms with Crippen LogP contribution in [0.15, 0.2) is 143 Å². The number of nitrogen functional groups attached to an aromatic ring is 2. The molecule has 24 heteroatoms. The first kappa shape index (κ1) is 43.8. The number of nitro benzene ring substituents is 2. The van der Waals surface area contributed by atoms with Crippen LogP contribution in [0.25, 0.3) is 0 Å². The molecule has 3 aromatic carbocycles. The zero-order chi connectivity index (χ0) is 41.4. The standard InChI is InChI=1S/C11H9N3O4S.C11H11N3O2S.C6H4ClNO4S.C4H5N3/c15-14(16)10-1-3-11(4-2-10)19(17,18)7-9-5-6-12-8-13-9;12-9-1-3-11(4-2-9)17(15,16)7-10-5-6-13-8-14-10;7-13(11,12)6-3-1-5(2-4-6)8(9)10;5-4-1-2-6-3-7-4/h1-6,8H,7H2;1-6,8H,7,12H2;1-4H;1-3H,(H2,5,6,7). The molecule has 0 spiro atoms. The number of nitrogens with zero attached hydrogens (tertiary/aromatic N) is 8. The molecule has 292 valence electrons. The average molecular weight is 845 g/mol. The van der Waals surface area contributed by atoms with E-state index in [0.29, 0.717) is 22.9 Å². The molecule has 0 atom stereocenters. The van der Waals surface area contributed by atoms with Crippen molar-refractivity contribution in [1.29, 1.82) is 0 Å². The minimum Gasteiger partial charge on any atom is -0.399 e.